The maximum absolute atomic E-state index is 12.7. The molecule has 2 aliphatic rings. The number of carbonyl (C=O) groups is 1. The Labute approximate surface area is 173 Å². The lowest BCUT2D eigenvalue weighted by Gasteiger charge is -2.35. The Morgan fingerprint density at radius 2 is 1.89 bits per heavy atom. The highest BCUT2D eigenvalue weighted by Gasteiger charge is 2.29. The second-order valence-electron chi connectivity index (χ2n) is 7.12. The predicted octanol–water partition coefficient (Wildman–Crippen LogP) is 3.05. The lowest BCUT2D eigenvalue weighted by Crippen LogP contribution is -2.47. The number of amides is 1. The number of rotatable bonds is 4. The zero-order valence-electron chi connectivity index (χ0n) is 15.6. The van der Waals surface area contributed by atoms with E-state index in [2.05, 4.69) is 10.00 Å². The Morgan fingerprint density at radius 3 is 2.61 bits per heavy atom. The topological polar surface area (TPSA) is 63.7 Å². The highest BCUT2D eigenvalue weighted by atomic mass is 35.5. The van der Waals surface area contributed by atoms with Gasteiger partial charge in [0.15, 0.2) is 0 Å². The number of carbonyl (C=O) groups excluding carboxylic acids is 1. The summed E-state index contributed by atoms with van der Waals surface area (Å²) in [5, 5.41) is 5.07. The van der Waals surface area contributed by atoms with Gasteiger partial charge in [-0.1, -0.05) is 23.7 Å². The van der Waals surface area contributed by atoms with Crippen molar-refractivity contribution in [2.75, 3.05) is 39.4 Å². The van der Waals surface area contributed by atoms with Crippen LogP contribution in [0, 0.1) is 10.8 Å². The van der Waals surface area contributed by atoms with Crippen molar-refractivity contribution in [1.82, 2.24) is 19.6 Å². The molecule has 0 saturated carbocycles. The summed E-state index contributed by atoms with van der Waals surface area (Å²) in [5.41, 5.74) is 0.726. The monoisotopic (exact) mass is 422 g/mol. The second-order valence-corrected chi connectivity index (χ2v) is 7.88. The fraction of sp³-hybridized carbons (Fsp3) is 0.526. The Morgan fingerprint density at radius 1 is 1.18 bits per heavy atom. The number of hydrogen-bond acceptors (Lipinski definition) is 6. The fourth-order valence-electron chi connectivity index (χ4n) is 3.69. The highest BCUT2D eigenvalue weighted by Crippen LogP contribution is 2.27. The van der Waals surface area contributed by atoms with Crippen LogP contribution in [-0.4, -0.2) is 64.9 Å². The van der Waals surface area contributed by atoms with Gasteiger partial charge in [-0.15, -0.1) is 5.10 Å². The molecule has 2 aliphatic heterocycles. The highest BCUT2D eigenvalue weighted by molar-refractivity contribution is 7.71. The lowest BCUT2D eigenvalue weighted by atomic mass is 9.95. The molecular formula is C19H23ClN4O3S. The molecular weight excluding hydrogens is 400 g/mol. The predicted molar refractivity (Wildman–Crippen MR) is 107 cm³/mol. The first-order valence-electron chi connectivity index (χ1n) is 9.53. The van der Waals surface area contributed by atoms with Crippen LogP contribution >= 0.6 is 23.8 Å². The van der Waals surface area contributed by atoms with Crippen molar-refractivity contribution in [3.63, 3.8) is 0 Å². The van der Waals surface area contributed by atoms with Gasteiger partial charge in [0.25, 0.3) is 4.84 Å². The molecule has 28 heavy (non-hydrogen) atoms. The van der Waals surface area contributed by atoms with Gasteiger partial charge in [0, 0.05) is 32.1 Å². The number of aromatic nitrogens is 2. The van der Waals surface area contributed by atoms with Gasteiger partial charge in [-0.2, -0.15) is 0 Å². The molecule has 3 heterocycles. The zero-order valence-corrected chi connectivity index (χ0v) is 17.1. The first-order valence-corrected chi connectivity index (χ1v) is 10.3. The third kappa shape index (κ3) is 4.30. The number of ether oxygens (including phenoxy) is 1. The maximum atomic E-state index is 12.7. The molecule has 150 valence electrons. The molecule has 0 radical (unpaired) electrons. The maximum Gasteiger partial charge on any atom is 0.288 e. The number of benzene rings is 1. The van der Waals surface area contributed by atoms with Gasteiger partial charge in [-0.25, -0.2) is 4.68 Å². The van der Waals surface area contributed by atoms with Crippen LogP contribution in [0.25, 0.3) is 11.5 Å². The molecule has 0 atom stereocenters. The second kappa shape index (κ2) is 8.73. The van der Waals surface area contributed by atoms with Gasteiger partial charge in [0.2, 0.25) is 11.8 Å². The van der Waals surface area contributed by atoms with Crippen LogP contribution in [0.4, 0.5) is 0 Å². The third-order valence-electron chi connectivity index (χ3n) is 5.30. The van der Waals surface area contributed by atoms with Gasteiger partial charge >= 0.3 is 0 Å². The first-order chi connectivity index (χ1) is 13.6. The Balaban J connectivity index is 1.36. The molecule has 4 rings (SSSR count). The van der Waals surface area contributed by atoms with E-state index >= 15 is 0 Å². The molecule has 0 unspecified atom stereocenters. The summed E-state index contributed by atoms with van der Waals surface area (Å²) in [6, 6.07) is 7.40. The summed E-state index contributed by atoms with van der Waals surface area (Å²) in [6.45, 7) is 4.90. The van der Waals surface area contributed by atoms with E-state index in [1.807, 2.05) is 23.1 Å². The van der Waals surface area contributed by atoms with Gasteiger partial charge in [0.05, 0.1) is 30.5 Å². The minimum absolute atomic E-state index is 0.0957. The zero-order chi connectivity index (χ0) is 19.5. The molecule has 2 fully saturated rings. The van der Waals surface area contributed by atoms with E-state index in [-0.39, 0.29) is 11.8 Å². The van der Waals surface area contributed by atoms with Crippen LogP contribution in [0.5, 0.6) is 0 Å². The lowest BCUT2D eigenvalue weighted by molar-refractivity contribution is -0.141. The van der Waals surface area contributed by atoms with Crippen molar-refractivity contribution < 1.29 is 13.9 Å². The van der Waals surface area contributed by atoms with E-state index in [4.69, 9.17) is 33.0 Å². The van der Waals surface area contributed by atoms with Gasteiger partial charge < -0.3 is 14.1 Å². The minimum Gasteiger partial charge on any atom is -0.409 e. The standard InChI is InChI=1S/C19H23ClN4O3S/c20-16-4-2-1-3-15(16)17-21-24(19(28)27-17)13-22-7-5-14(6-8-22)18(25)23-9-11-26-12-10-23/h1-4,14H,5-13H2. The molecule has 0 N–H and O–H groups in total. The number of nitrogens with zero attached hydrogens (tertiary/aromatic N) is 4. The van der Waals surface area contributed by atoms with Crippen molar-refractivity contribution in [1.29, 1.82) is 0 Å². The van der Waals surface area contributed by atoms with Crippen LogP contribution in [0.15, 0.2) is 28.7 Å². The number of hydrogen-bond donors (Lipinski definition) is 0. The molecule has 1 amide bonds. The van der Waals surface area contributed by atoms with Crippen molar-refractivity contribution in [3.8, 4) is 11.5 Å². The number of morpholine rings is 1. The molecule has 0 bridgehead atoms. The SMILES string of the molecule is O=C(C1CCN(Cn2nc(-c3ccccc3Cl)oc2=S)CC1)N1CCOCC1. The molecule has 9 heteroatoms. The largest absolute Gasteiger partial charge is 0.409 e. The van der Waals surface area contributed by atoms with E-state index in [0.717, 1.165) is 31.5 Å². The Bertz CT molecular complexity index is 885. The quantitative estimate of drug-likeness (QED) is 0.705. The first kappa shape index (κ1) is 19.6. The van der Waals surface area contributed by atoms with E-state index in [1.54, 1.807) is 10.7 Å². The average Bonchev–Trinajstić information content (AvgIpc) is 3.09. The van der Waals surface area contributed by atoms with Crippen molar-refractivity contribution >= 4 is 29.7 Å². The summed E-state index contributed by atoms with van der Waals surface area (Å²) in [4.78, 5) is 17.2. The Kier molecular flexibility index (Phi) is 6.10. The molecule has 0 aliphatic carbocycles. The number of likely N-dealkylation sites (tertiary alicyclic amines) is 1. The van der Waals surface area contributed by atoms with Crippen LogP contribution in [0.2, 0.25) is 5.02 Å². The summed E-state index contributed by atoms with van der Waals surface area (Å²) in [6.07, 6.45) is 1.69. The van der Waals surface area contributed by atoms with E-state index < -0.39 is 0 Å². The van der Waals surface area contributed by atoms with Gasteiger partial charge in [0.1, 0.15) is 0 Å². The van der Waals surface area contributed by atoms with E-state index in [9.17, 15) is 4.79 Å². The minimum atomic E-state index is 0.0957. The molecule has 1 aromatic heterocycles. The van der Waals surface area contributed by atoms with Crippen LogP contribution in [0.1, 0.15) is 12.8 Å². The number of halogens is 1. The van der Waals surface area contributed by atoms with Crippen molar-refractivity contribution in [2.24, 2.45) is 5.92 Å². The summed E-state index contributed by atoms with van der Waals surface area (Å²) < 4.78 is 12.7. The fourth-order valence-corrected chi connectivity index (χ4v) is 4.09. The Hall–Kier alpha value is -1.74. The van der Waals surface area contributed by atoms with E-state index in [0.29, 0.717) is 48.7 Å². The number of piperidine rings is 1. The van der Waals surface area contributed by atoms with Crippen molar-refractivity contribution in [2.45, 2.75) is 19.5 Å². The van der Waals surface area contributed by atoms with Gasteiger partial charge in [-0.3, -0.25) is 9.69 Å². The van der Waals surface area contributed by atoms with Crippen LogP contribution < -0.4 is 0 Å². The summed E-state index contributed by atoms with van der Waals surface area (Å²) >= 11 is 11.6. The van der Waals surface area contributed by atoms with Crippen LogP contribution in [-0.2, 0) is 16.2 Å². The third-order valence-corrected chi connectivity index (χ3v) is 5.93. The molecule has 7 nitrogen and oxygen atoms in total. The normalized spacial score (nSPS) is 19.1. The van der Waals surface area contributed by atoms with Crippen molar-refractivity contribution in [3.05, 3.63) is 34.1 Å². The summed E-state index contributed by atoms with van der Waals surface area (Å²) in [7, 11) is 0. The smallest absolute Gasteiger partial charge is 0.288 e. The summed E-state index contributed by atoms with van der Waals surface area (Å²) in [5.74, 6) is 0.785. The van der Waals surface area contributed by atoms with E-state index in [1.165, 1.54) is 0 Å². The molecule has 1 aromatic carbocycles. The van der Waals surface area contributed by atoms with Gasteiger partial charge in [-0.05, 0) is 37.2 Å². The van der Waals surface area contributed by atoms with Crippen LogP contribution in [0.3, 0.4) is 0 Å². The molecule has 2 saturated heterocycles. The molecule has 0 spiro atoms. The molecule has 2 aromatic rings. The average molecular weight is 423 g/mol.